The molecule has 0 aliphatic heterocycles. The minimum Gasteiger partial charge on any atom is -0.353 e. The van der Waals surface area contributed by atoms with E-state index in [1.165, 1.54) is 19.2 Å². The van der Waals surface area contributed by atoms with Crippen molar-refractivity contribution in [2.75, 3.05) is 13.6 Å². The van der Waals surface area contributed by atoms with Gasteiger partial charge in [0, 0.05) is 13.1 Å². The van der Waals surface area contributed by atoms with Gasteiger partial charge in [-0.3, -0.25) is 4.79 Å². The first-order chi connectivity index (χ1) is 8.87. The average molecular weight is 284 g/mol. The predicted octanol–water partition coefficient (Wildman–Crippen LogP) is 1.22. The standard InChI is InChI=1S/C13H20N2O3S/c1-4-11(2)14-13(16)10-15(3)19(17,18)12-8-6-5-7-9-12/h5-9,11H,4,10H2,1-3H3,(H,14,16)/t11-/m1/s1. The van der Waals surface area contributed by atoms with Gasteiger partial charge < -0.3 is 5.32 Å². The largest absolute Gasteiger partial charge is 0.353 e. The summed E-state index contributed by atoms with van der Waals surface area (Å²) in [5.74, 6) is -0.295. The summed E-state index contributed by atoms with van der Waals surface area (Å²) >= 11 is 0. The lowest BCUT2D eigenvalue weighted by Crippen LogP contribution is -2.41. The summed E-state index contributed by atoms with van der Waals surface area (Å²) in [4.78, 5) is 11.9. The maximum atomic E-state index is 12.2. The van der Waals surface area contributed by atoms with Crippen LogP contribution in [0.1, 0.15) is 20.3 Å². The lowest BCUT2D eigenvalue weighted by molar-refractivity contribution is -0.121. The van der Waals surface area contributed by atoms with Crippen molar-refractivity contribution in [1.29, 1.82) is 0 Å². The molecule has 0 fully saturated rings. The molecule has 5 nitrogen and oxygen atoms in total. The van der Waals surface area contributed by atoms with Crippen LogP contribution in [0.2, 0.25) is 0 Å². The number of hydrogen-bond donors (Lipinski definition) is 1. The SMILES string of the molecule is CC[C@@H](C)NC(=O)CN(C)S(=O)(=O)c1ccccc1. The number of likely N-dealkylation sites (N-methyl/N-ethyl adjacent to an activating group) is 1. The van der Waals surface area contributed by atoms with Crippen molar-refractivity contribution in [3.63, 3.8) is 0 Å². The molecule has 0 radical (unpaired) electrons. The third kappa shape index (κ3) is 4.33. The van der Waals surface area contributed by atoms with Gasteiger partial charge in [0.05, 0.1) is 11.4 Å². The molecule has 1 aromatic rings. The van der Waals surface area contributed by atoms with E-state index in [1.54, 1.807) is 18.2 Å². The zero-order valence-corrected chi connectivity index (χ0v) is 12.3. The van der Waals surface area contributed by atoms with E-state index in [1.807, 2.05) is 13.8 Å². The van der Waals surface area contributed by atoms with E-state index in [2.05, 4.69) is 5.32 Å². The second-order valence-electron chi connectivity index (χ2n) is 4.45. The number of carbonyl (C=O) groups is 1. The summed E-state index contributed by atoms with van der Waals surface area (Å²) in [5.41, 5.74) is 0. The monoisotopic (exact) mass is 284 g/mol. The van der Waals surface area contributed by atoms with Crippen LogP contribution in [0, 0.1) is 0 Å². The summed E-state index contributed by atoms with van der Waals surface area (Å²) in [6, 6.07) is 8.12. The fourth-order valence-electron chi connectivity index (χ4n) is 1.48. The summed E-state index contributed by atoms with van der Waals surface area (Å²) in [5, 5.41) is 2.74. The molecule has 6 heteroatoms. The van der Waals surface area contributed by atoms with E-state index in [9.17, 15) is 13.2 Å². The molecule has 0 aliphatic carbocycles. The maximum Gasteiger partial charge on any atom is 0.243 e. The molecule has 0 spiro atoms. The number of nitrogens with zero attached hydrogens (tertiary/aromatic N) is 1. The predicted molar refractivity (Wildman–Crippen MR) is 74.2 cm³/mol. The van der Waals surface area contributed by atoms with Gasteiger partial charge in [-0.05, 0) is 25.5 Å². The molecule has 1 N–H and O–H groups in total. The van der Waals surface area contributed by atoms with Crippen LogP contribution in [0.15, 0.2) is 35.2 Å². The molecule has 106 valence electrons. The van der Waals surface area contributed by atoms with Gasteiger partial charge >= 0.3 is 0 Å². The summed E-state index contributed by atoms with van der Waals surface area (Å²) in [7, 11) is -2.20. The van der Waals surface area contributed by atoms with Crippen molar-refractivity contribution < 1.29 is 13.2 Å². The Morgan fingerprint density at radius 1 is 1.32 bits per heavy atom. The Balaban J connectivity index is 2.73. The van der Waals surface area contributed by atoms with E-state index < -0.39 is 10.0 Å². The third-order valence-electron chi connectivity index (χ3n) is 2.84. The Hall–Kier alpha value is -1.40. The number of nitrogens with one attached hydrogen (secondary N) is 1. The molecule has 0 unspecified atom stereocenters. The fraction of sp³-hybridized carbons (Fsp3) is 0.462. The van der Waals surface area contributed by atoms with Crippen molar-refractivity contribution in [3.05, 3.63) is 30.3 Å². The Morgan fingerprint density at radius 3 is 2.42 bits per heavy atom. The number of carbonyl (C=O) groups excluding carboxylic acids is 1. The van der Waals surface area contributed by atoms with E-state index in [-0.39, 0.29) is 23.4 Å². The van der Waals surface area contributed by atoms with Gasteiger partial charge in [0.2, 0.25) is 15.9 Å². The van der Waals surface area contributed by atoms with Gasteiger partial charge in [-0.1, -0.05) is 25.1 Å². The molecule has 1 amide bonds. The fourth-order valence-corrected chi connectivity index (χ4v) is 2.63. The first-order valence-corrected chi connectivity index (χ1v) is 7.62. The highest BCUT2D eigenvalue weighted by Gasteiger charge is 2.22. The molecule has 19 heavy (non-hydrogen) atoms. The van der Waals surface area contributed by atoms with Crippen molar-refractivity contribution in [3.8, 4) is 0 Å². The van der Waals surface area contributed by atoms with Gasteiger partial charge in [-0.25, -0.2) is 8.42 Å². The molecule has 1 atom stereocenters. The van der Waals surface area contributed by atoms with E-state index >= 15 is 0 Å². The number of rotatable bonds is 6. The molecule has 0 heterocycles. The maximum absolute atomic E-state index is 12.2. The Kier molecular flexibility index (Phi) is 5.50. The smallest absolute Gasteiger partial charge is 0.243 e. The molecule has 0 bridgehead atoms. The minimum atomic E-state index is -3.60. The van der Waals surface area contributed by atoms with Gasteiger partial charge in [-0.2, -0.15) is 4.31 Å². The normalized spacial score (nSPS) is 13.3. The topological polar surface area (TPSA) is 66.5 Å². The summed E-state index contributed by atoms with van der Waals surface area (Å²) in [6.07, 6.45) is 0.806. The van der Waals surface area contributed by atoms with Crippen LogP contribution < -0.4 is 5.32 Å². The molecular weight excluding hydrogens is 264 g/mol. The molecule has 1 rings (SSSR count). The van der Waals surface area contributed by atoms with Gasteiger partial charge in [-0.15, -0.1) is 0 Å². The van der Waals surface area contributed by atoms with Crippen LogP contribution in [-0.2, 0) is 14.8 Å². The lowest BCUT2D eigenvalue weighted by Gasteiger charge is -2.18. The van der Waals surface area contributed by atoms with Crippen molar-refractivity contribution in [2.24, 2.45) is 0 Å². The molecule has 1 aromatic carbocycles. The van der Waals surface area contributed by atoms with Crippen LogP contribution in [0.25, 0.3) is 0 Å². The van der Waals surface area contributed by atoms with E-state index in [0.717, 1.165) is 10.7 Å². The summed E-state index contributed by atoms with van der Waals surface area (Å²) < 4.78 is 25.4. The van der Waals surface area contributed by atoms with Gasteiger partial charge in [0.25, 0.3) is 0 Å². The highest BCUT2D eigenvalue weighted by atomic mass is 32.2. The highest BCUT2D eigenvalue weighted by molar-refractivity contribution is 7.89. The summed E-state index contributed by atoms with van der Waals surface area (Å²) in [6.45, 7) is 3.65. The Labute approximate surface area is 114 Å². The molecule has 0 aromatic heterocycles. The van der Waals surface area contributed by atoms with Crippen LogP contribution in [-0.4, -0.2) is 38.3 Å². The van der Waals surface area contributed by atoms with Crippen molar-refractivity contribution in [1.82, 2.24) is 9.62 Å². The Bertz CT molecular complexity index is 514. The second kappa shape index (κ2) is 6.68. The van der Waals surface area contributed by atoms with E-state index in [4.69, 9.17) is 0 Å². The van der Waals surface area contributed by atoms with Crippen molar-refractivity contribution in [2.45, 2.75) is 31.2 Å². The minimum absolute atomic E-state index is 0.0420. The number of sulfonamides is 1. The molecule has 0 saturated carbocycles. The number of amides is 1. The molecule has 0 aliphatic rings. The third-order valence-corrected chi connectivity index (χ3v) is 4.66. The van der Waals surface area contributed by atoms with Crippen LogP contribution >= 0.6 is 0 Å². The van der Waals surface area contributed by atoms with Crippen molar-refractivity contribution >= 4 is 15.9 Å². The quantitative estimate of drug-likeness (QED) is 0.854. The van der Waals surface area contributed by atoms with Crippen LogP contribution in [0.3, 0.4) is 0 Å². The zero-order chi connectivity index (χ0) is 14.5. The van der Waals surface area contributed by atoms with Crippen LogP contribution in [0.5, 0.6) is 0 Å². The first kappa shape index (κ1) is 15.7. The van der Waals surface area contributed by atoms with E-state index in [0.29, 0.717) is 0 Å². The van der Waals surface area contributed by atoms with Gasteiger partial charge in [0.15, 0.2) is 0 Å². The second-order valence-corrected chi connectivity index (χ2v) is 6.50. The number of benzene rings is 1. The Morgan fingerprint density at radius 2 is 1.89 bits per heavy atom. The first-order valence-electron chi connectivity index (χ1n) is 6.18. The molecular formula is C13H20N2O3S. The van der Waals surface area contributed by atoms with Crippen LogP contribution in [0.4, 0.5) is 0 Å². The lowest BCUT2D eigenvalue weighted by atomic mass is 10.2. The average Bonchev–Trinajstić information content (AvgIpc) is 2.39. The highest BCUT2D eigenvalue weighted by Crippen LogP contribution is 2.12. The zero-order valence-electron chi connectivity index (χ0n) is 11.5. The molecule has 0 saturated heterocycles. The van der Waals surface area contributed by atoms with Gasteiger partial charge in [0.1, 0.15) is 0 Å². The number of hydrogen-bond acceptors (Lipinski definition) is 3.